The summed E-state index contributed by atoms with van der Waals surface area (Å²) in [6.45, 7) is 0. The fourth-order valence-corrected chi connectivity index (χ4v) is 3.65. The molecular formula is C25H25N5O3. The third-order valence-corrected chi connectivity index (χ3v) is 5.33. The number of nitrogens with one attached hydrogen (secondary N) is 3. The van der Waals surface area contributed by atoms with Gasteiger partial charge in [0.05, 0.1) is 24.2 Å². The van der Waals surface area contributed by atoms with Crippen LogP contribution in [0.4, 0.5) is 4.79 Å². The number of aromatic amines is 1. The number of hydrogen-bond donors (Lipinski definition) is 4. The number of carbonyl (C=O) groups excluding carboxylic acids is 2. The number of amides is 3. The molecular weight excluding hydrogens is 418 g/mol. The Morgan fingerprint density at radius 2 is 1.67 bits per heavy atom. The molecule has 4 rings (SSSR count). The minimum absolute atomic E-state index is 0.476. The molecule has 1 aromatic heterocycles. The highest BCUT2D eigenvalue weighted by Gasteiger charge is 2.24. The Bertz CT molecular complexity index is 1200. The van der Waals surface area contributed by atoms with Gasteiger partial charge in [0.2, 0.25) is 5.91 Å². The lowest BCUT2D eigenvalue weighted by Crippen LogP contribution is -2.44. The van der Waals surface area contributed by atoms with Crippen molar-refractivity contribution in [2.45, 2.75) is 18.5 Å². The molecule has 8 heteroatoms. The number of ether oxygens (including phenoxy) is 1. The van der Waals surface area contributed by atoms with E-state index in [1.807, 2.05) is 54.6 Å². The average Bonchev–Trinajstić information content (AvgIpc) is 3.27. The summed E-state index contributed by atoms with van der Waals surface area (Å²) in [5.74, 6) is 0.709. The molecule has 0 saturated carbocycles. The second-order valence-electron chi connectivity index (χ2n) is 7.61. The number of para-hydroxylation sites is 2. The van der Waals surface area contributed by atoms with Crippen molar-refractivity contribution in [3.8, 4) is 5.75 Å². The SMILES string of the molecule is COc1ccc(C[C@@H](NC(=O)N[C@H](C(N)=O)c2ccccc2)c2nc3ccccc3[nH]2)cc1. The number of rotatable bonds is 8. The fourth-order valence-electron chi connectivity index (χ4n) is 3.65. The Kier molecular flexibility index (Phi) is 6.54. The van der Waals surface area contributed by atoms with Gasteiger partial charge in [0.25, 0.3) is 0 Å². The molecule has 0 bridgehead atoms. The first-order chi connectivity index (χ1) is 16.0. The zero-order valence-electron chi connectivity index (χ0n) is 18.1. The fraction of sp³-hybridized carbons (Fsp3) is 0.160. The second kappa shape index (κ2) is 9.86. The molecule has 3 aromatic carbocycles. The summed E-state index contributed by atoms with van der Waals surface area (Å²) in [5.41, 5.74) is 8.81. The highest BCUT2D eigenvalue weighted by atomic mass is 16.5. The van der Waals surface area contributed by atoms with Gasteiger partial charge in [-0.1, -0.05) is 54.6 Å². The Balaban J connectivity index is 1.58. The van der Waals surface area contributed by atoms with Gasteiger partial charge in [-0.25, -0.2) is 9.78 Å². The third kappa shape index (κ3) is 5.30. The van der Waals surface area contributed by atoms with Crippen molar-refractivity contribution in [1.82, 2.24) is 20.6 Å². The van der Waals surface area contributed by atoms with Gasteiger partial charge in [0.15, 0.2) is 0 Å². The maximum absolute atomic E-state index is 12.9. The number of imidazole rings is 1. The molecule has 8 nitrogen and oxygen atoms in total. The van der Waals surface area contributed by atoms with Crippen molar-refractivity contribution in [2.24, 2.45) is 5.73 Å². The van der Waals surface area contributed by atoms with Crippen LogP contribution in [0.15, 0.2) is 78.9 Å². The minimum atomic E-state index is -0.955. The Morgan fingerprint density at radius 3 is 2.33 bits per heavy atom. The van der Waals surface area contributed by atoms with Crippen LogP contribution in [0.3, 0.4) is 0 Å². The maximum atomic E-state index is 12.9. The molecule has 0 aliphatic heterocycles. The van der Waals surface area contributed by atoms with E-state index in [1.165, 1.54) is 0 Å². The molecule has 0 unspecified atom stereocenters. The second-order valence-corrected chi connectivity index (χ2v) is 7.61. The molecule has 0 aliphatic carbocycles. The number of nitrogens with zero attached hydrogens (tertiary/aromatic N) is 1. The summed E-state index contributed by atoms with van der Waals surface area (Å²) < 4.78 is 5.23. The standard InChI is InChI=1S/C25H25N5O3/c1-33-18-13-11-16(12-14-18)15-21(24-27-19-9-5-6-10-20(19)28-24)29-25(32)30-22(23(26)31)17-7-3-2-4-8-17/h2-14,21-22H,15H2,1H3,(H2,26,31)(H,27,28)(H2,29,30,32)/t21-,22+/m1/s1. The first-order valence-corrected chi connectivity index (χ1v) is 10.5. The van der Waals surface area contributed by atoms with Crippen molar-refractivity contribution in [1.29, 1.82) is 0 Å². The summed E-state index contributed by atoms with van der Waals surface area (Å²) in [7, 11) is 1.61. The lowest BCUT2D eigenvalue weighted by atomic mass is 10.0. The van der Waals surface area contributed by atoms with Crippen molar-refractivity contribution in [3.05, 3.63) is 95.8 Å². The van der Waals surface area contributed by atoms with Gasteiger partial charge in [-0.15, -0.1) is 0 Å². The van der Waals surface area contributed by atoms with Crippen LogP contribution >= 0.6 is 0 Å². The van der Waals surface area contributed by atoms with Crippen LogP contribution in [0.1, 0.15) is 29.0 Å². The molecule has 33 heavy (non-hydrogen) atoms. The smallest absolute Gasteiger partial charge is 0.316 e. The molecule has 0 aliphatic rings. The van der Waals surface area contributed by atoms with Gasteiger partial charge >= 0.3 is 6.03 Å². The predicted octanol–water partition coefficient (Wildman–Crippen LogP) is 3.38. The number of primary amides is 1. The van der Waals surface area contributed by atoms with Gasteiger partial charge < -0.3 is 26.1 Å². The maximum Gasteiger partial charge on any atom is 0.316 e. The number of benzene rings is 3. The Morgan fingerprint density at radius 1 is 0.970 bits per heavy atom. The van der Waals surface area contributed by atoms with Crippen molar-refractivity contribution in [2.75, 3.05) is 7.11 Å². The molecule has 5 N–H and O–H groups in total. The van der Waals surface area contributed by atoms with Crippen LogP contribution < -0.4 is 21.1 Å². The van der Waals surface area contributed by atoms with E-state index in [-0.39, 0.29) is 0 Å². The van der Waals surface area contributed by atoms with E-state index in [0.717, 1.165) is 22.3 Å². The van der Waals surface area contributed by atoms with Gasteiger partial charge in [-0.2, -0.15) is 0 Å². The molecule has 2 atom stereocenters. The van der Waals surface area contributed by atoms with Crippen molar-refractivity contribution >= 4 is 23.0 Å². The Labute approximate surface area is 191 Å². The number of H-pyrrole nitrogens is 1. The molecule has 0 saturated heterocycles. The van der Waals surface area contributed by atoms with E-state index in [9.17, 15) is 9.59 Å². The van der Waals surface area contributed by atoms with Crippen LogP contribution in [0.2, 0.25) is 0 Å². The highest BCUT2D eigenvalue weighted by Crippen LogP contribution is 2.22. The Hall–Kier alpha value is -4.33. The molecule has 1 heterocycles. The molecule has 0 fully saturated rings. The molecule has 0 radical (unpaired) electrons. The topological polar surface area (TPSA) is 122 Å². The van der Waals surface area contributed by atoms with Crippen LogP contribution in [-0.2, 0) is 11.2 Å². The van der Waals surface area contributed by atoms with Crippen LogP contribution in [0, 0.1) is 0 Å². The predicted molar refractivity (Wildman–Crippen MR) is 126 cm³/mol. The summed E-state index contributed by atoms with van der Waals surface area (Å²) in [4.78, 5) is 32.9. The van der Waals surface area contributed by atoms with Crippen LogP contribution in [-0.4, -0.2) is 29.0 Å². The number of carbonyl (C=O) groups is 2. The number of nitrogens with two attached hydrogens (primary N) is 1. The number of fused-ring (bicyclic) bond motifs is 1. The van der Waals surface area contributed by atoms with E-state index in [4.69, 9.17) is 10.5 Å². The van der Waals surface area contributed by atoms with E-state index < -0.39 is 24.0 Å². The lowest BCUT2D eigenvalue weighted by molar-refractivity contribution is -0.119. The number of hydrogen-bond acceptors (Lipinski definition) is 4. The van der Waals surface area contributed by atoms with E-state index in [2.05, 4.69) is 20.6 Å². The first-order valence-electron chi connectivity index (χ1n) is 10.5. The minimum Gasteiger partial charge on any atom is -0.497 e. The van der Waals surface area contributed by atoms with Gasteiger partial charge in [0.1, 0.15) is 17.6 Å². The summed E-state index contributed by atoms with van der Waals surface area (Å²) in [6, 6.07) is 22.2. The first kappa shape index (κ1) is 21.9. The van der Waals surface area contributed by atoms with Crippen molar-refractivity contribution < 1.29 is 14.3 Å². The summed E-state index contributed by atoms with van der Waals surface area (Å²) >= 11 is 0. The molecule has 0 spiro atoms. The third-order valence-electron chi connectivity index (χ3n) is 5.33. The van der Waals surface area contributed by atoms with E-state index in [0.29, 0.717) is 17.8 Å². The lowest BCUT2D eigenvalue weighted by Gasteiger charge is -2.21. The number of methoxy groups -OCH3 is 1. The van der Waals surface area contributed by atoms with Gasteiger partial charge in [0, 0.05) is 0 Å². The molecule has 4 aromatic rings. The average molecular weight is 444 g/mol. The number of aromatic nitrogens is 2. The molecule has 168 valence electrons. The molecule has 3 amide bonds. The quantitative estimate of drug-likeness (QED) is 0.333. The zero-order valence-corrected chi connectivity index (χ0v) is 18.1. The van der Waals surface area contributed by atoms with Crippen molar-refractivity contribution in [3.63, 3.8) is 0 Å². The zero-order chi connectivity index (χ0) is 23.2. The summed E-state index contributed by atoms with van der Waals surface area (Å²) in [6.07, 6.45) is 0.476. The van der Waals surface area contributed by atoms with Gasteiger partial charge in [-0.05, 0) is 41.8 Å². The van der Waals surface area contributed by atoms with E-state index in [1.54, 1.807) is 31.4 Å². The monoisotopic (exact) mass is 443 g/mol. The largest absolute Gasteiger partial charge is 0.497 e. The summed E-state index contributed by atoms with van der Waals surface area (Å²) in [5, 5.41) is 5.63. The van der Waals surface area contributed by atoms with E-state index >= 15 is 0 Å². The van der Waals surface area contributed by atoms with Crippen LogP contribution in [0.25, 0.3) is 11.0 Å². The highest BCUT2D eigenvalue weighted by molar-refractivity contribution is 5.87. The number of urea groups is 1. The van der Waals surface area contributed by atoms with Gasteiger partial charge in [-0.3, -0.25) is 4.79 Å². The van der Waals surface area contributed by atoms with Crippen LogP contribution in [0.5, 0.6) is 5.75 Å². The normalized spacial score (nSPS) is 12.6.